The zero-order valence-corrected chi connectivity index (χ0v) is 12.9. The van der Waals surface area contributed by atoms with Gasteiger partial charge in [-0.05, 0) is 37.6 Å². The first-order chi connectivity index (χ1) is 10.6. The highest BCUT2D eigenvalue weighted by atomic mass is 16.1. The Morgan fingerprint density at radius 1 is 1.27 bits per heavy atom. The van der Waals surface area contributed by atoms with Crippen molar-refractivity contribution in [3.8, 4) is 5.69 Å². The molecule has 6 nitrogen and oxygen atoms in total. The third kappa shape index (κ3) is 2.36. The Labute approximate surface area is 128 Å². The number of imidazole rings is 1. The molecule has 0 saturated heterocycles. The maximum absolute atomic E-state index is 12.4. The van der Waals surface area contributed by atoms with E-state index in [1.807, 2.05) is 24.3 Å². The maximum atomic E-state index is 12.4. The molecule has 0 aliphatic heterocycles. The van der Waals surface area contributed by atoms with Crippen molar-refractivity contribution in [2.45, 2.75) is 26.3 Å². The summed E-state index contributed by atoms with van der Waals surface area (Å²) in [5.41, 5.74) is 2.02. The second-order valence-corrected chi connectivity index (χ2v) is 5.38. The van der Waals surface area contributed by atoms with Gasteiger partial charge in [-0.25, -0.2) is 19.3 Å². The van der Waals surface area contributed by atoms with E-state index in [0.29, 0.717) is 17.4 Å². The van der Waals surface area contributed by atoms with Crippen LogP contribution >= 0.6 is 0 Å². The largest absolute Gasteiger partial charge is 0.368 e. The third-order valence-corrected chi connectivity index (χ3v) is 3.83. The number of aromatic nitrogens is 4. The Hall–Kier alpha value is -2.63. The molecule has 1 N–H and O–H groups in total. The van der Waals surface area contributed by atoms with E-state index in [-0.39, 0.29) is 5.69 Å². The van der Waals surface area contributed by atoms with Gasteiger partial charge in [0.25, 0.3) is 0 Å². The molecule has 0 aromatic carbocycles. The van der Waals surface area contributed by atoms with Gasteiger partial charge >= 0.3 is 5.69 Å². The molecule has 6 heteroatoms. The number of nitrogens with one attached hydrogen (secondary N) is 1. The quantitative estimate of drug-likeness (QED) is 0.802. The minimum absolute atomic E-state index is 0.127. The summed E-state index contributed by atoms with van der Waals surface area (Å²) < 4.78 is 3.17. The Kier molecular flexibility index (Phi) is 3.66. The maximum Gasteiger partial charge on any atom is 0.334 e. The minimum atomic E-state index is -0.127. The summed E-state index contributed by atoms with van der Waals surface area (Å²) >= 11 is 0. The van der Waals surface area contributed by atoms with Crippen molar-refractivity contribution >= 4 is 17.0 Å². The Morgan fingerprint density at radius 3 is 2.77 bits per heavy atom. The fraction of sp³-hybridized carbons (Fsp3) is 0.312. The lowest BCUT2D eigenvalue weighted by molar-refractivity contribution is 0.759. The van der Waals surface area contributed by atoms with E-state index in [1.165, 1.54) is 0 Å². The zero-order valence-electron chi connectivity index (χ0n) is 12.9. The standard InChI is InChI=1S/C16H19N5O/c1-4-11(2)19-14-8-7-12(10-18-14)21-15-13(6-5-9-17-15)20(3)16(21)22/h5-11H,4H2,1-3H3,(H,18,19)/t11-/m1/s1. The summed E-state index contributed by atoms with van der Waals surface area (Å²) in [5.74, 6) is 0.805. The van der Waals surface area contributed by atoms with Crippen LogP contribution in [0.5, 0.6) is 0 Å². The molecule has 22 heavy (non-hydrogen) atoms. The van der Waals surface area contributed by atoms with Crippen molar-refractivity contribution < 1.29 is 0 Å². The molecule has 0 bridgehead atoms. The Bertz CT molecular complexity index is 847. The Morgan fingerprint density at radius 2 is 2.09 bits per heavy atom. The summed E-state index contributed by atoms with van der Waals surface area (Å²) in [4.78, 5) is 21.2. The molecule has 3 rings (SSSR count). The van der Waals surface area contributed by atoms with Crippen molar-refractivity contribution in [3.63, 3.8) is 0 Å². The molecule has 3 aromatic heterocycles. The monoisotopic (exact) mass is 297 g/mol. The number of nitrogens with zero attached hydrogens (tertiary/aromatic N) is 4. The number of pyridine rings is 2. The predicted octanol–water partition coefficient (Wildman–Crippen LogP) is 2.33. The van der Waals surface area contributed by atoms with Crippen LogP contribution in [0.15, 0.2) is 41.5 Å². The molecular weight excluding hydrogens is 278 g/mol. The lowest BCUT2D eigenvalue weighted by Gasteiger charge is -2.12. The lowest BCUT2D eigenvalue weighted by atomic mass is 10.2. The molecular formula is C16H19N5O. The van der Waals surface area contributed by atoms with Gasteiger partial charge in [0.15, 0.2) is 5.65 Å². The molecule has 1 atom stereocenters. The van der Waals surface area contributed by atoms with Gasteiger partial charge in [-0.15, -0.1) is 0 Å². The lowest BCUT2D eigenvalue weighted by Crippen LogP contribution is -2.21. The number of hydrogen-bond donors (Lipinski definition) is 1. The molecule has 3 aromatic rings. The summed E-state index contributed by atoms with van der Waals surface area (Å²) in [6.45, 7) is 4.22. The smallest absolute Gasteiger partial charge is 0.334 e. The van der Waals surface area contributed by atoms with E-state index in [0.717, 1.165) is 17.8 Å². The van der Waals surface area contributed by atoms with E-state index >= 15 is 0 Å². The normalized spacial score (nSPS) is 12.5. The topological polar surface area (TPSA) is 64.7 Å². The minimum Gasteiger partial charge on any atom is -0.368 e. The van der Waals surface area contributed by atoms with Crippen molar-refractivity contribution in [2.24, 2.45) is 7.05 Å². The molecule has 0 aliphatic carbocycles. The fourth-order valence-corrected chi connectivity index (χ4v) is 2.36. The first kappa shape index (κ1) is 14.3. The second kappa shape index (κ2) is 5.63. The van der Waals surface area contributed by atoms with Crippen LogP contribution in [0.2, 0.25) is 0 Å². The van der Waals surface area contributed by atoms with Gasteiger partial charge in [-0.3, -0.25) is 4.57 Å². The van der Waals surface area contributed by atoms with Crippen LogP contribution in [0.25, 0.3) is 16.9 Å². The van der Waals surface area contributed by atoms with Gasteiger partial charge in [0.2, 0.25) is 0 Å². The molecule has 0 radical (unpaired) electrons. The summed E-state index contributed by atoms with van der Waals surface area (Å²) in [7, 11) is 1.75. The van der Waals surface area contributed by atoms with Crippen LogP contribution in [-0.4, -0.2) is 25.1 Å². The molecule has 114 valence electrons. The third-order valence-electron chi connectivity index (χ3n) is 3.83. The van der Waals surface area contributed by atoms with Crippen LogP contribution in [0.4, 0.5) is 5.82 Å². The van der Waals surface area contributed by atoms with Crippen LogP contribution < -0.4 is 11.0 Å². The zero-order chi connectivity index (χ0) is 15.7. The highest BCUT2D eigenvalue weighted by molar-refractivity contribution is 5.73. The Balaban J connectivity index is 2.05. The number of hydrogen-bond acceptors (Lipinski definition) is 4. The molecule has 0 amide bonds. The predicted molar refractivity (Wildman–Crippen MR) is 87.5 cm³/mol. The van der Waals surface area contributed by atoms with Crippen molar-refractivity contribution in [3.05, 3.63) is 47.1 Å². The van der Waals surface area contributed by atoms with Crippen molar-refractivity contribution in [1.29, 1.82) is 0 Å². The van der Waals surface area contributed by atoms with Crippen molar-refractivity contribution in [1.82, 2.24) is 19.1 Å². The van der Waals surface area contributed by atoms with Gasteiger partial charge in [0.05, 0.1) is 17.4 Å². The summed E-state index contributed by atoms with van der Waals surface area (Å²) in [6.07, 6.45) is 4.40. The van der Waals surface area contributed by atoms with Gasteiger partial charge in [-0.2, -0.15) is 0 Å². The van der Waals surface area contributed by atoms with Crippen LogP contribution in [0.3, 0.4) is 0 Å². The van der Waals surface area contributed by atoms with E-state index in [2.05, 4.69) is 29.1 Å². The van der Waals surface area contributed by atoms with Gasteiger partial charge in [0.1, 0.15) is 5.82 Å². The average Bonchev–Trinajstić information content (AvgIpc) is 2.80. The summed E-state index contributed by atoms with van der Waals surface area (Å²) in [6, 6.07) is 7.83. The first-order valence-electron chi connectivity index (χ1n) is 7.37. The van der Waals surface area contributed by atoms with Crippen LogP contribution in [0.1, 0.15) is 20.3 Å². The van der Waals surface area contributed by atoms with E-state index in [4.69, 9.17) is 0 Å². The average molecular weight is 297 g/mol. The van der Waals surface area contributed by atoms with Gasteiger partial charge < -0.3 is 5.32 Å². The highest BCUT2D eigenvalue weighted by Gasteiger charge is 2.13. The van der Waals surface area contributed by atoms with E-state index < -0.39 is 0 Å². The van der Waals surface area contributed by atoms with Crippen molar-refractivity contribution in [2.75, 3.05) is 5.32 Å². The molecule has 0 aliphatic rings. The molecule has 0 saturated carbocycles. The fourth-order valence-electron chi connectivity index (χ4n) is 2.36. The van der Waals surface area contributed by atoms with E-state index in [1.54, 1.807) is 28.6 Å². The summed E-state index contributed by atoms with van der Waals surface area (Å²) in [5, 5.41) is 3.31. The number of fused-ring (bicyclic) bond motifs is 1. The SMILES string of the molecule is CC[C@@H](C)Nc1ccc(-n2c(=O)n(C)c3cccnc32)cn1. The van der Waals surface area contributed by atoms with Gasteiger partial charge in [0, 0.05) is 19.3 Å². The first-order valence-corrected chi connectivity index (χ1v) is 7.37. The second-order valence-electron chi connectivity index (χ2n) is 5.38. The highest BCUT2D eigenvalue weighted by Crippen LogP contribution is 2.15. The molecule has 0 spiro atoms. The van der Waals surface area contributed by atoms with E-state index in [9.17, 15) is 4.79 Å². The molecule has 0 fully saturated rings. The number of aryl methyl sites for hydroxylation is 1. The number of anilines is 1. The van der Waals surface area contributed by atoms with Crippen LogP contribution in [0, 0.1) is 0 Å². The number of rotatable bonds is 4. The van der Waals surface area contributed by atoms with Gasteiger partial charge in [-0.1, -0.05) is 6.92 Å². The molecule has 0 unspecified atom stereocenters. The molecule has 3 heterocycles. The van der Waals surface area contributed by atoms with Crippen LogP contribution in [-0.2, 0) is 7.05 Å².